The van der Waals surface area contributed by atoms with E-state index in [-0.39, 0.29) is 5.91 Å². The Balaban J connectivity index is 2.29. The molecule has 1 aromatic carbocycles. The van der Waals surface area contributed by atoms with Crippen LogP contribution in [0.25, 0.3) is 0 Å². The van der Waals surface area contributed by atoms with Gasteiger partial charge in [0.2, 0.25) is 0 Å². The number of nitrogens with one attached hydrogen (secondary N) is 1. The lowest BCUT2D eigenvalue weighted by atomic mass is 10.2. The van der Waals surface area contributed by atoms with Crippen molar-refractivity contribution < 1.29 is 4.79 Å². The average molecular weight is 337 g/mol. The van der Waals surface area contributed by atoms with Crippen molar-refractivity contribution in [2.24, 2.45) is 0 Å². The van der Waals surface area contributed by atoms with Gasteiger partial charge >= 0.3 is 0 Å². The first-order valence-corrected chi connectivity index (χ1v) is 6.40. The quantitative estimate of drug-likeness (QED) is 0.852. The number of amides is 1. The van der Waals surface area contributed by atoms with Crippen molar-refractivity contribution in [2.75, 3.05) is 5.32 Å². The number of rotatable bonds is 2. The summed E-state index contributed by atoms with van der Waals surface area (Å²) in [4.78, 5) is 16.0. The Bertz CT molecular complexity index is 682. The number of nitriles is 1. The predicted molar refractivity (Wildman–Crippen MR) is 76.1 cm³/mol. The molecule has 4 nitrogen and oxygen atoms in total. The van der Waals surface area contributed by atoms with Crippen molar-refractivity contribution in [1.82, 2.24) is 4.98 Å². The van der Waals surface area contributed by atoms with Gasteiger partial charge in [0.1, 0.15) is 10.7 Å². The maximum absolute atomic E-state index is 12.0. The van der Waals surface area contributed by atoms with Crippen LogP contribution in [0.5, 0.6) is 0 Å². The topological polar surface area (TPSA) is 65.8 Å². The summed E-state index contributed by atoms with van der Waals surface area (Å²) < 4.78 is 0.562. The summed E-state index contributed by atoms with van der Waals surface area (Å²) in [5.41, 5.74) is 1.17. The van der Waals surface area contributed by atoms with Crippen molar-refractivity contribution in [2.45, 2.75) is 0 Å². The Labute approximate surface area is 123 Å². The van der Waals surface area contributed by atoms with Crippen LogP contribution in [-0.4, -0.2) is 10.9 Å². The highest BCUT2D eigenvalue weighted by atomic mass is 79.9. The Morgan fingerprint density at radius 1 is 1.37 bits per heavy atom. The van der Waals surface area contributed by atoms with Gasteiger partial charge in [-0.05, 0) is 46.3 Å². The molecule has 19 heavy (non-hydrogen) atoms. The largest absolute Gasteiger partial charge is 0.321 e. The molecule has 2 rings (SSSR count). The van der Waals surface area contributed by atoms with Gasteiger partial charge in [-0.2, -0.15) is 5.26 Å². The predicted octanol–water partition coefficient (Wildman–Crippen LogP) is 3.62. The molecule has 0 fully saturated rings. The summed E-state index contributed by atoms with van der Waals surface area (Å²) in [5.74, 6) is -0.332. The van der Waals surface area contributed by atoms with Crippen molar-refractivity contribution in [3.05, 3.63) is 57.3 Å². The van der Waals surface area contributed by atoms with E-state index in [1.54, 1.807) is 24.3 Å². The summed E-state index contributed by atoms with van der Waals surface area (Å²) in [7, 11) is 0. The third-order valence-corrected chi connectivity index (χ3v) is 3.01. The van der Waals surface area contributed by atoms with Crippen LogP contribution in [0, 0.1) is 11.3 Å². The van der Waals surface area contributed by atoms with Gasteiger partial charge in [-0.3, -0.25) is 4.79 Å². The Hall–Kier alpha value is -1.90. The first kappa shape index (κ1) is 13.5. The molecule has 1 amide bonds. The normalized spacial score (nSPS) is 9.74. The molecule has 6 heteroatoms. The number of hydrogen-bond donors (Lipinski definition) is 1. The highest BCUT2D eigenvalue weighted by molar-refractivity contribution is 9.10. The van der Waals surface area contributed by atoms with Crippen LogP contribution in [0.4, 0.5) is 5.69 Å². The second-order valence-corrected chi connectivity index (χ2v) is 4.87. The summed E-state index contributed by atoms with van der Waals surface area (Å²) >= 11 is 9.04. The van der Waals surface area contributed by atoms with Gasteiger partial charge in [0, 0.05) is 16.8 Å². The monoisotopic (exact) mass is 335 g/mol. The molecule has 0 aliphatic rings. The number of pyridine rings is 1. The molecule has 0 aliphatic heterocycles. The Morgan fingerprint density at radius 3 is 2.84 bits per heavy atom. The van der Waals surface area contributed by atoms with Crippen molar-refractivity contribution in [1.29, 1.82) is 5.26 Å². The minimum absolute atomic E-state index is 0.332. The van der Waals surface area contributed by atoms with Gasteiger partial charge in [0.15, 0.2) is 0 Å². The number of nitrogens with zero attached hydrogens (tertiary/aromatic N) is 2. The lowest BCUT2D eigenvalue weighted by Crippen LogP contribution is -2.13. The fourth-order valence-corrected chi connectivity index (χ4v) is 1.99. The van der Waals surface area contributed by atoms with E-state index in [4.69, 9.17) is 16.9 Å². The number of anilines is 1. The van der Waals surface area contributed by atoms with Gasteiger partial charge in [0.05, 0.1) is 11.3 Å². The molecule has 1 N–H and O–H groups in total. The van der Waals surface area contributed by atoms with E-state index in [2.05, 4.69) is 26.2 Å². The van der Waals surface area contributed by atoms with E-state index < -0.39 is 0 Å². The molecular weight excluding hydrogens is 330 g/mol. The van der Waals surface area contributed by atoms with Gasteiger partial charge in [0.25, 0.3) is 5.91 Å². The van der Waals surface area contributed by atoms with E-state index >= 15 is 0 Å². The smallest absolute Gasteiger partial charge is 0.255 e. The van der Waals surface area contributed by atoms with Gasteiger partial charge in [-0.25, -0.2) is 4.98 Å². The number of carbonyl (C=O) groups is 1. The Kier molecular flexibility index (Phi) is 4.15. The van der Waals surface area contributed by atoms with Gasteiger partial charge < -0.3 is 5.32 Å². The van der Waals surface area contributed by atoms with Crippen LogP contribution in [-0.2, 0) is 0 Å². The van der Waals surface area contributed by atoms with E-state index in [0.717, 1.165) is 0 Å². The number of halogens is 2. The maximum atomic E-state index is 12.0. The summed E-state index contributed by atoms with van der Waals surface area (Å²) in [6.07, 6.45) is 1.52. The average Bonchev–Trinajstić information content (AvgIpc) is 2.39. The van der Waals surface area contributed by atoms with Crippen LogP contribution in [0.1, 0.15) is 15.9 Å². The number of aromatic nitrogens is 1. The highest BCUT2D eigenvalue weighted by Gasteiger charge is 2.10. The summed E-state index contributed by atoms with van der Waals surface area (Å²) in [5, 5.41) is 12.1. The van der Waals surface area contributed by atoms with Crippen LogP contribution in [0.15, 0.2) is 41.1 Å². The first-order valence-electron chi connectivity index (χ1n) is 5.22. The molecule has 2 aromatic rings. The van der Waals surface area contributed by atoms with Crippen LogP contribution in [0.2, 0.25) is 5.02 Å². The fourth-order valence-electron chi connectivity index (χ4n) is 1.46. The van der Waals surface area contributed by atoms with Crippen LogP contribution < -0.4 is 5.32 Å². The molecule has 0 spiro atoms. The molecule has 0 aliphatic carbocycles. The van der Waals surface area contributed by atoms with Crippen molar-refractivity contribution in [3.63, 3.8) is 0 Å². The molecule has 0 saturated carbocycles. The third kappa shape index (κ3) is 3.31. The second kappa shape index (κ2) is 5.83. The second-order valence-electron chi connectivity index (χ2n) is 3.62. The minimum atomic E-state index is -0.332. The lowest BCUT2D eigenvalue weighted by molar-refractivity contribution is 0.102. The minimum Gasteiger partial charge on any atom is -0.321 e. The molecule has 1 heterocycles. The zero-order valence-electron chi connectivity index (χ0n) is 9.52. The molecule has 0 atom stereocenters. The fraction of sp³-hybridized carbons (Fsp3) is 0. The zero-order chi connectivity index (χ0) is 13.8. The highest BCUT2D eigenvalue weighted by Crippen LogP contribution is 2.21. The molecule has 0 unspecified atom stereocenters. The number of hydrogen-bond acceptors (Lipinski definition) is 3. The van der Waals surface area contributed by atoms with E-state index in [0.29, 0.717) is 26.4 Å². The molecule has 94 valence electrons. The van der Waals surface area contributed by atoms with E-state index in [9.17, 15) is 4.79 Å². The van der Waals surface area contributed by atoms with Crippen molar-refractivity contribution in [3.8, 4) is 6.07 Å². The number of carbonyl (C=O) groups excluding carboxylic acids is 1. The summed E-state index contributed by atoms with van der Waals surface area (Å²) in [6, 6.07) is 9.85. The molecule has 0 saturated heterocycles. The van der Waals surface area contributed by atoms with Crippen molar-refractivity contribution >= 4 is 39.1 Å². The van der Waals surface area contributed by atoms with E-state index in [1.807, 2.05) is 6.07 Å². The molecule has 0 bridgehead atoms. The molecule has 1 aromatic heterocycles. The van der Waals surface area contributed by atoms with Gasteiger partial charge in [-0.15, -0.1) is 0 Å². The SMILES string of the molecule is N#Cc1ccc(Cl)cc1NC(=O)c1ccnc(Br)c1. The van der Waals surface area contributed by atoms with Crippen LogP contribution in [0.3, 0.4) is 0 Å². The number of benzene rings is 1. The molecular formula is C13H7BrClN3O. The lowest BCUT2D eigenvalue weighted by Gasteiger charge is -2.07. The summed E-state index contributed by atoms with van der Waals surface area (Å²) in [6.45, 7) is 0. The van der Waals surface area contributed by atoms with Crippen LogP contribution >= 0.6 is 27.5 Å². The van der Waals surface area contributed by atoms with E-state index in [1.165, 1.54) is 12.3 Å². The third-order valence-electron chi connectivity index (χ3n) is 2.34. The maximum Gasteiger partial charge on any atom is 0.255 e. The Morgan fingerprint density at radius 2 is 2.16 bits per heavy atom. The standard InChI is InChI=1S/C13H7BrClN3O/c14-12-5-8(3-4-17-12)13(19)18-11-6-10(15)2-1-9(11)7-16/h1-6H,(H,18,19). The zero-order valence-corrected chi connectivity index (χ0v) is 11.9. The first-order chi connectivity index (χ1) is 9.10. The molecule has 0 radical (unpaired) electrons. The van der Waals surface area contributed by atoms with Gasteiger partial charge in [-0.1, -0.05) is 11.6 Å².